The molecule has 2 aromatic heterocycles. The van der Waals surface area contributed by atoms with Crippen LogP contribution < -0.4 is 11.3 Å². The van der Waals surface area contributed by atoms with Crippen molar-refractivity contribution in [3.63, 3.8) is 0 Å². The molecule has 2 saturated heterocycles. The summed E-state index contributed by atoms with van der Waals surface area (Å²) in [6, 6.07) is 0. The van der Waals surface area contributed by atoms with Gasteiger partial charge in [0, 0.05) is 17.9 Å². The Hall–Kier alpha value is -0.580. The van der Waals surface area contributed by atoms with Gasteiger partial charge in [-0.3, -0.25) is 14.3 Å². The first kappa shape index (κ1) is 17.8. The number of fused-ring (bicyclic) bond motifs is 1. The van der Waals surface area contributed by atoms with Gasteiger partial charge in [0.25, 0.3) is 5.56 Å². The van der Waals surface area contributed by atoms with E-state index in [2.05, 4.69) is 21.9 Å². The second-order valence-corrected chi connectivity index (χ2v) is 16.5. The van der Waals surface area contributed by atoms with Crippen LogP contribution in [-0.4, -0.2) is 43.2 Å². The molecule has 0 bridgehead atoms. The molecule has 136 valence electrons. The maximum absolute atomic E-state index is 12.0. The summed E-state index contributed by atoms with van der Waals surface area (Å²) in [7, 11) is 0. The molecule has 2 aliphatic rings. The van der Waals surface area contributed by atoms with E-state index in [0.29, 0.717) is 12.1 Å². The number of nitrogens with one attached hydrogen (secondary N) is 1. The Morgan fingerprint density at radius 3 is 3.04 bits per heavy atom. The molecule has 2 aliphatic heterocycles. The summed E-state index contributed by atoms with van der Waals surface area (Å²) in [6.07, 6.45) is 2.66. The van der Waals surface area contributed by atoms with Crippen molar-refractivity contribution in [3.05, 3.63) is 16.7 Å². The molecule has 0 spiro atoms. The van der Waals surface area contributed by atoms with Gasteiger partial charge in [-0.05, 0) is 18.2 Å². The highest BCUT2D eigenvalue weighted by Gasteiger charge is 2.41. The van der Waals surface area contributed by atoms with E-state index in [1.807, 2.05) is 0 Å². The van der Waals surface area contributed by atoms with Crippen LogP contribution in [0.3, 0.4) is 0 Å². The van der Waals surface area contributed by atoms with Gasteiger partial charge in [-0.25, -0.2) is 4.98 Å². The van der Waals surface area contributed by atoms with Gasteiger partial charge in [-0.15, -0.1) is 0 Å². The van der Waals surface area contributed by atoms with E-state index in [-0.39, 0.29) is 35.5 Å². The molecule has 4 heterocycles. The molecule has 25 heavy (non-hydrogen) atoms. The fraction of sp³-hybridized carbons (Fsp3) is 0.615. The van der Waals surface area contributed by atoms with Crippen LogP contribution in [0.5, 0.6) is 0 Å². The number of nitrogen functional groups attached to an aromatic ring is 1. The van der Waals surface area contributed by atoms with Gasteiger partial charge in [-0.2, -0.15) is 4.98 Å². The summed E-state index contributed by atoms with van der Waals surface area (Å²) in [5.41, 5.74) is 6.00. The number of nitrogens with two attached hydrogens (primary N) is 1. The predicted molar refractivity (Wildman–Crippen MR) is 105 cm³/mol. The Morgan fingerprint density at radius 2 is 2.32 bits per heavy atom. The van der Waals surface area contributed by atoms with Gasteiger partial charge in [0.2, 0.25) is 5.95 Å². The van der Waals surface area contributed by atoms with Crippen molar-refractivity contribution in [2.45, 2.75) is 38.2 Å². The van der Waals surface area contributed by atoms with Crippen LogP contribution in [0, 0.1) is 0 Å². The summed E-state index contributed by atoms with van der Waals surface area (Å²) < 4.78 is 12.4. The minimum Gasteiger partial charge on any atom is -0.369 e. The summed E-state index contributed by atoms with van der Waals surface area (Å²) >= 11 is 9.25. The molecule has 0 aliphatic carbocycles. The minimum absolute atomic E-state index is 0.0385. The lowest BCUT2D eigenvalue weighted by atomic mass is 10.1. The molecule has 3 atom stereocenters. The smallest absolute Gasteiger partial charge is 0.280 e. The maximum Gasteiger partial charge on any atom is 0.280 e. The topological polar surface area (TPSA) is 108 Å². The number of hydrogen-bond acceptors (Lipinski definition) is 9. The van der Waals surface area contributed by atoms with E-state index in [1.54, 1.807) is 33.7 Å². The first-order valence-corrected chi connectivity index (χ1v) is 13.8. The van der Waals surface area contributed by atoms with E-state index in [0.717, 1.165) is 17.9 Å². The lowest BCUT2D eigenvalue weighted by Gasteiger charge is -2.22. The Bertz CT molecular complexity index is 893. The third-order valence-electron chi connectivity index (χ3n) is 4.19. The zero-order chi connectivity index (χ0) is 17.6. The van der Waals surface area contributed by atoms with Crippen molar-refractivity contribution in [1.82, 2.24) is 19.5 Å². The molecule has 3 N–H and O–H groups in total. The Kier molecular flexibility index (Phi) is 4.89. The van der Waals surface area contributed by atoms with Crippen LogP contribution in [0.25, 0.3) is 11.2 Å². The van der Waals surface area contributed by atoms with Crippen molar-refractivity contribution < 1.29 is 9.26 Å². The lowest BCUT2D eigenvalue weighted by molar-refractivity contribution is -0.0124. The summed E-state index contributed by atoms with van der Waals surface area (Å²) in [5, 5.41) is 0. The third kappa shape index (κ3) is 3.38. The monoisotopic (exact) mass is 419 g/mol. The minimum atomic E-state index is -1.87. The van der Waals surface area contributed by atoms with Gasteiger partial charge >= 0.3 is 0 Å². The number of nitrogens with zero attached hydrogens (tertiary/aromatic N) is 3. The highest BCUT2D eigenvalue weighted by atomic mass is 33.2. The van der Waals surface area contributed by atoms with E-state index < -0.39 is 4.67 Å². The van der Waals surface area contributed by atoms with Gasteiger partial charge in [-0.1, -0.05) is 29.7 Å². The maximum atomic E-state index is 12.0. The van der Waals surface area contributed by atoms with E-state index in [1.165, 1.54) is 0 Å². The van der Waals surface area contributed by atoms with Crippen LogP contribution in [0.1, 0.15) is 26.0 Å². The first-order valence-electron chi connectivity index (χ1n) is 7.94. The van der Waals surface area contributed by atoms with Crippen LogP contribution in [0.15, 0.2) is 11.1 Å². The number of aromatic nitrogens is 4. The standard InChI is InChI=1S/C13H18N5O3PS3/c1-2-7-8(21-22(23)24-3-4-25-22)5-9(20-7)18-6-15-10-11(18)16-13(14)17-12(10)19/h6-9H,2-5H2,1H3,(H3,14,16,17,19)/t7-,8+,9-/m1/s1. The number of rotatable bonds is 4. The van der Waals surface area contributed by atoms with E-state index >= 15 is 0 Å². The second kappa shape index (κ2) is 6.86. The molecule has 0 unspecified atom stereocenters. The van der Waals surface area contributed by atoms with Gasteiger partial charge in [0.1, 0.15) is 6.23 Å². The number of anilines is 1. The van der Waals surface area contributed by atoms with Gasteiger partial charge < -0.3 is 15.0 Å². The summed E-state index contributed by atoms with van der Waals surface area (Å²) in [6.45, 7) is 2.07. The number of aromatic amines is 1. The predicted octanol–water partition coefficient (Wildman–Crippen LogP) is 2.49. The highest BCUT2D eigenvalue weighted by Crippen LogP contribution is 2.75. The first-order chi connectivity index (χ1) is 12.0. The van der Waals surface area contributed by atoms with E-state index in [4.69, 9.17) is 26.8 Å². The average Bonchev–Trinajstić information content (AvgIpc) is 3.26. The summed E-state index contributed by atoms with van der Waals surface area (Å²) in [5.74, 6) is 2.16. The molecule has 4 rings (SSSR count). The van der Waals surface area contributed by atoms with Crippen LogP contribution in [-0.2, 0) is 21.1 Å². The number of hydrogen-bond donors (Lipinski definition) is 2. The number of H-pyrrole nitrogens is 1. The summed E-state index contributed by atoms with van der Waals surface area (Å²) in [4.78, 5) is 22.8. The fourth-order valence-electron chi connectivity index (χ4n) is 3.06. The van der Waals surface area contributed by atoms with Crippen molar-refractivity contribution >= 4 is 56.4 Å². The van der Waals surface area contributed by atoms with Crippen molar-refractivity contribution in [2.75, 3.05) is 17.2 Å². The van der Waals surface area contributed by atoms with Crippen LogP contribution >= 0.6 is 27.4 Å². The molecular formula is C13H18N5O3PS3. The number of ether oxygens (including phenoxy) is 1. The van der Waals surface area contributed by atoms with Crippen LogP contribution in [0.2, 0.25) is 0 Å². The molecule has 2 aromatic rings. The second-order valence-electron chi connectivity index (χ2n) is 5.81. The molecule has 0 saturated carbocycles. The van der Waals surface area contributed by atoms with E-state index in [9.17, 15) is 4.79 Å². The van der Waals surface area contributed by atoms with Gasteiger partial charge in [0.15, 0.2) is 15.8 Å². The average molecular weight is 419 g/mol. The third-order valence-corrected chi connectivity index (χ3v) is 13.9. The highest BCUT2D eigenvalue weighted by molar-refractivity contribution is 9.00. The Morgan fingerprint density at radius 1 is 1.56 bits per heavy atom. The van der Waals surface area contributed by atoms with Gasteiger partial charge in [0.05, 0.1) is 18.5 Å². The van der Waals surface area contributed by atoms with Crippen molar-refractivity contribution in [2.24, 2.45) is 0 Å². The molecule has 12 heteroatoms. The quantitative estimate of drug-likeness (QED) is 0.723. The van der Waals surface area contributed by atoms with Crippen molar-refractivity contribution in [3.8, 4) is 0 Å². The molecule has 0 aromatic carbocycles. The number of imidazole rings is 1. The SMILES string of the molecule is CC[C@H]1O[C@@H](n2cnc3c(=O)[nH]c(N)nc32)C[C@@H]1OP1(=S)SCCS1. The lowest BCUT2D eigenvalue weighted by Crippen LogP contribution is -2.21. The molecule has 2 fully saturated rings. The Labute approximate surface area is 157 Å². The molecule has 0 amide bonds. The fourth-order valence-corrected chi connectivity index (χ4v) is 12.5. The molecule has 0 radical (unpaired) electrons. The zero-order valence-electron chi connectivity index (χ0n) is 13.5. The zero-order valence-corrected chi connectivity index (χ0v) is 16.8. The molecule has 8 nitrogen and oxygen atoms in total. The normalized spacial score (nSPS) is 28.8. The van der Waals surface area contributed by atoms with Crippen LogP contribution in [0.4, 0.5) is 5.95 Å². The largest absolute Gasteiger partial charge is 0.369 e. The molecular weight excluding hydrogens is 401 g/mol. The van der Waals surface area contributed by atoms with Crippen molar-refractivity contribution in [1.29, 1.82) is 0 Å². The Balaban J connectivity index is 1.62.